The standard InChI is InChI=1S/C31H35ClN4O6S2/c1-31(2,3)42-30(38)23(33)16-26(37)34-17-20-8-5-7-19(13-20)14-21-15-22-9-6-10-24(41-4)28(22)29(35-18-21)36-44(39,40)27-12-11-25(32)43-27/h5-13,18,23H,14-17,33H2,1-4H3,(H,34,37)(H,35,36). The van der Waals surface area contributed by atoms with Crippen molar-refractivity contribution in [1.82, 2.24) is 10.6 Å². The van der Waals surface area contributed by atoms with Gasteiger partial charge in [-0.05, 0) is 74.1 Å². The van der Waals surface area contributed by atoms with E-state index in [-0.39, 0.29) is 28.9 Å². The van der Waals surface area contributed by atoms with E-state index < -0.39 is 27.6 Å². The number of amides is 1. The van der Waals surface area contributed by atoms with Gasteiger partial charge in [0.15, 0.2) is 5.84 Å². The van der Waals surface area contributed by atoms with E-state index >= 15 is 0 Å². The molecule has 4 rings (SSSR count). The van der Waals surface area contributed by atoms with Crippen molar-refractivity contribution in [2.75, 3.05) is 7.11 Å². The first kappa shape index (κ1) is 33.2. The average molecular weight is 659 g/mol. The normalized spacial score (nSPS) is 15.0. The SMILES string of the molecule is COc1cccc2c1C(=NS(=O)(=O)c1ccc(Cl)s1)NC=C(Cc1cccc(CNC(=O)CC(N)C(=O)OC(C)(C)C)c1)C2. The predicted octanol–water partition coefficient (Wildman–Crippen LogP) is 4.49. The Hall–Kier alpha value is -3.71. The molecule has 2 aromatic carbocycles. The number of allylic oxidation sites excluding steroid dienone is 1. The Bertz CT molecular complexity index is 1710. The Kier molecular flexibility index (Phi) is 10.5. The van der Waals surface area contributed by atoms with Gasteiger partial charge >= 0.3 is 5.97 Å². The van der Waals surface area contributed by atoms with Crippen molar-refractivity contribution in [2.24, 2.45) is 10.1 Å². The van der Waals surface area contributed by atoms with Gasteiger partial charge < -0.3 is 25.8 Å². The summed E-state index contributed by atoms with van der Waals surface area (Å²) in [5.41, 5.74) is 9.42. The number of nitrogens with one attached hydrogen (secondary N) is 2. The fraction of sp³-hybridized carbons (Fsp3) is 0.323. The Morgan fingerprint density at radius 2 is 1.86 bits per heavy atom. The lowest BCUT2D eigenvalue weighted by Crippen LogP contribution is -2.41. The monoisotopic (exact) mass is 658 g/mol. The predicted molar refractivity (Wildman–Crippen MR) is 171 cm³/mol. The lowest BCUT2D eigenvalue weighted by molar-refractivity contribution is -0.157. The molecule has 1 amide bonds. The van der Waals surface area contributed by atoms with Crippen molar-refractivity contribution in [3.05, 3.63) is 93.0 Å². The number of nitrogens with two attached hydrogens (primary N) is 1. The summed E-state index contributed by atoms with van der Waals surface area (Å²) in [6, 6.07) is 15.2. The first-order chi connectivity index (χ1) is 20.7. The van der Waals surface area contributed by atoms with Crippen LogP contribution in [0.5, 0.6) is 5.75 Å². The molecular formula is C31H35ClN4O6S2. The molecule has 4 N–H and O–H groups in total. The van der Waals surface area contributed by atoms with Crippen molar-refractivity contribution >= 4 is 50.7 Å². The molecule has 44 heavy (non-hydrogen) atoms. The number of benzene rings is 2. The largest absolute Gasteiger partial charge is 0.496 e. The molecule has 0 bridgehead atoms. The van der Waals surface area contributed by atoms with Crippen LogP contribution in [0.4, 0.5) is 0 Å². The zero-order valence-electron chi connectivity index (χ0n) is 24.8. The van der Waals surface area contributed by atoms with Gasteiger partial charge in [0.2, 0.25) is 5.91 Å². The van der Waals surface area contributed by atoms with Gasteiger partial charge in [-0.3, -0.25) is 9.59 Å². The number of hydrogen-bond acceptors (Lipinski definition) is 8. The molecule has 0 spiro atoms. The summed E-state index contributed by atoms with van der Waals surface area (Å²) in [6.07, 6.45) is 2.65. The molecule has 1 atom stereocenters. The van der Waals surface area contributed by atoms with Crippen LogP contribution >= 0.6 is 22.9 Å². The highest BCUT2D eigenvalue weighted by Crippen LogP contribution is 2.31. The first-order valence-corrected chi connectivity index (χ1v) is 16.4. The topological polar surface area (TPSA) is 149 Å². The lowest BCUT2D eigenvalue weighted by Gasteiger charge is -2.22. The van der Waals surface area contributed by atoms with Crippen molar-refractivity contribution < 1.29 is 27.5 Å². The molecular weight excluding hydrogens is 624 g/mol. The van der Waals surface area contributed by atoms with Gasteiger partial charge in [0.1, 0.15) is 21.6 Å². The van der Waals surface area contributed by atoms with Crippen LogP contribution < -0.4 is 21.1 Å². The fourth-order valence-corrected chi connectivity index (χ4v) is 6.96. The smallest absolute Gasteiger partial charge is 0.323 e. The highest BCUT2D eigenvalue weighted by atomic mass is 35.5. The molecule has 3 aromatic rings. The Labute approximate surface area is 266 Å². The Morgan fingerprint density at radius 1 is 1.14 bits per heavy atom. The molecule has 1 aromatic heterocycles. The minimum Gasteiger partial charge on any atom is -0.496 e. The van der Waals surface area contributed by atoms with E-state index in [0.29, 0.717) is 28.5 Å². The summed E-state index contributed by atoms with van der Waals surface area (Å²) in [7, 11) is -2.51. The van der Waals surface area contributed by atoms with E-state index in [2.05, 4.69) is 15.0 Å². The van der Waals surface area contributed by atoms with E-state index in [1.54, 1.807) is 33.0 Å². The summed E-state index contributed by atoms with van der Waals surface area (Å²) < 4.78 is 41.5. The van der Waals surface area contributed by atoms with Crippen LogP contribution in [0.2, 0.25) is 4.34 Å². The minimum atomic E-state index is -4.03. The van der Waals surface area contributed by atoms with Gasteiger partial charge in [-0.1, -0.05) is 48.0 Å². The minimum absolute atomic E-state index is 0.0393. The second-order valence-electron chi connectivity index (χ2n) is 11.2. The van der Waals surface area contributed by atoms with Crippen LogP contribution in [0.25, 0.3) is 0 Å². The number of carbonyl (C=O) groups is 2. The molecule has 0 radical (unpaired) electrons. The summed E-state index contributed by atoms with van der Waals surface area (Å²) in [6.45, 7) is 5.47. The maximum atomic E-state index is 13.1. The van der Waals surface area contributed by atoms with Gasteiger partial charge in [-0.15, -0.1) is 15.7 Å². The number of methoxy groups -OCH3 is 1. The molecule has 10 nitrogen and oxygen atoms in total. The molecule has 0 aliphatic carbocycles. The molecule has 0 saturated carbocycles. The maximum absolute atomic E-state index is 13.1. The number of ether oxygens (including phenoxy) is 2. The highest BCUT2D eigenvalue weighted by molar-refractivity contribution is 7.92. The number of esters is 1. The third-order valence-corrected chi connectivity index (χ3v) is 9.42. The van der Waals surface area contributed by atoms with Crippen molar-refractivity contribution in [3.8, 4) is 5.75 Å². The van der Waals surface area contributed by atoms with Gasteiger partial charge in [-0.2, -0.15) is 8.42 Å². The number of carbonyl (C=O) groups excluding carboxylic acids is 2. The summed E-state index contributed by atoms with van der Waals surface area (Å²) in [5.74, 6) is -0.340. The summed E-state index contributed by atoms with van der Waals surface area (Å²) in [4.78, 5) is 24.5. The van der Waals surface area contributed by atoms with E-state index in [1.165, 1.54) is 19.2 Å². The second-order valence-corrected chi connectivity index (χ2v) is 14.8. The quantitative estimate of drug-likeness (QED) is 0.270. The maximum Gasteiger partial charge on any atom is 0.323 e. The molecule has 0 saturated heterocycles. The highest BCUT2D eigenvalue weighted by Gasteiger charge is 2.25. The summed E-state index contributed by atoms with van der Waals surface area (Å²) in [5, 5.41) is 5.91. The van der Waals surface area contributed by atoms with Gasteiger partial charge in [0.25, 0.3) is 10.0 Å². The van der Waals surface area contributed by atoms with Crippen molar-refractivity contribution in [2.45, 2.75) is 62.4 Å². The number of thiophene rings is 1. The van der Waals surface area contributed by atoms with Crippen LogP contribution in [-0.2, 0) is 43.7 Å². The molecule has 1 aliphatic heterocycles. The second kappa shape index (κ2) is 13.9. The molecule has 1 unspecified atom stereocenters. The lowest BCUT2D eigenvalue weighted by atomic mass is 9.95. The number of halogens is 1. The van der Waals surface area contributed by atoms with Crippen LogP contribution in [0.3, 0.4) is 0 Å². The van der Waals surface area contributed by atoms with Gasteiger partial charge in [-0.25, -0.2) is 0 Å². The van der Waals surface area contributed by atoms with E-state index in [0.717, 1.165) is 33.6 Å². The molecule has 2 heterocycles. The Morgan fingerprint density at radius 3 is 2.55 bits per heavy atom. The number of nitrogens with zero attached hydrogens (tertiary/aromatic N) is 1. The number of hydrogen-bond donors (Lipinski definition) is 3. The zero-order chi connectivity index (χ0) is 32.1. The summed E-state index contributed by atoms with van der Waals surface area (Å²) >= 11 is 6.91. The first-order valence-electron chi connectivity index (χ1n) is 13.8. The van der Waals surface area contributed by atoms with Crippen LogP contribution in [0.15, 0.2) is 75.0 Å². The third-order valence-electron chi connectivity index (χ3n) is 6.44. The zero-order valence-corrected chi connectivity index (χ0v) is 27.2. The average Bonchev–Trinajstić information content (AvgIpc) is 3.33. The van der Waals surface area contributed by atoms with E-state index in [4.69, 9.17) is 26.8 Å². The van der Waals surface area contributed by atoms with Crippen molar-refractivity contribution in [3.63, 3.8) is 0 Å². The van der Waals surface area contributed by atoms with E-state index in [9.17, 15) is 18.0 Å². The van der Waals surface area contributed by atoms with Gasteiger partial charge in [0.05, 0.1) is 23.4 Å². The molecule has 234 valence electrons. The van der Waals surface area contributed by atoms with Crippen LogP contribution in [0.1, 0.15) is 49.4 Å². The number of sulfonamides is 1. The van der Waals surface area contributed by atoms with E-state index in [1.807, 2.05) is 36.4 Å². The fourth-order valence-electron chi connectivity index (χ4n) is 4.53. The number of amidine groups is 1. The third kappa shape index (κ3) is 8.91. The number of fused-ring (bicyclic) bond motifs is 1. The van der Waals surface area contributed by atoms with Crippen LogP contribution in [-0.4, -0.2) is 44.9 Å². The van der Waals surface area contributed by atoms with Gasteiger partial charge in [0, 0.05) is 12.7 Å². The van der Waals surface area contributed by atoms with Crippen molar-refractivity contribution in [1.29, 1.82) is 0 Å². The number of rotatable bonds is 10. The molecule has 1 aliphatic rings. The Balaban J connectivity index is 1.49. The van der Waals surface area contributed by atoms with Crippen LogP contribution in [0, 0.1) is 0 Å². The molecule has 0 fully saturated rings. The molecule has 13 heteroatoms.